The van der Waals surface area contributed by atoms with Crippen molar-refractivity contribution in [1.82, 2.24) is 4.98 Å². The fourth-order valence-electron chi connectivity index (χ4n) is 1.97. The van der Waals surface area contributed by atoms with Crippen LogP contribution in [0.5, 0.6) is 0 Å². The predicted molar refractivity (Wildman–Crippen MR) is 52.4 cm³/mol. The minimum atomic E-state index is -0.253. The van der Waals surface area contributed by atoms with Crippen molar-refractivity contribution in [3.63, 3.8) is 0 Å². The molecule has 0 saturated heterocycles. The third-order valence-corrected chi connectivity index (χ3v) is 2.59. The van der Waals surface area contributed by atoms with Crippen LogP contribution in [0, 0.1) is 5.82 Å². The monoisotopic (exact) mass is 185 g/mol. The number of rotatable bonds is 0. The van der Waals surface area contributed by atoms with Crippen molar-refractivity contribution in [1.29, 1.82) is 0 Å². The second-order valence-electron chi connectivity index (χ2n) is 3.50. The van der Waals surface area contributed by atoms with E-state index in [4.69, 9.17) is 0 Å². The highest BCUT2D eigenvalue weighted by molar-refractivity contribution is 5.73. The summed E-state index contributed by atoms with van der Waals surface area (Å²) in [4.78, 5) is 4.13. The summed E-state index contributed by atoms with van der Waals surface area (Å²) < 4.78 is 12.9. The maximum atomic E-state index is 12.9. The summed E-state index contributed by atoms with van der Waals surface area (Å²) in [5.74, 6) is -0.253. The molecule has 0 unspecified atom stereocenters. The van der Waals surface area contributed by atoms with E-state index >= 15 is 0 Å². The Morgan fingerprint density at radius 1 is 1.14 bits per heavy atom. The Morgan fingerprint density at radius 2 is 2.00 bits per heavy atom. The first-order valence-electron chi connectivity index (χ1n) is 4.57. The van der Waals surface area contributed by atoms with E-state index in [1.165, 1.54) is 11.8 Å². The second-order valence-corrected chi connectivity index (χ2v) is 3.50. The molecule has 1 nitrogen and oxygen atoms in total. The van der Waals surface area contributed by atoms with Crippen LogP contribution in [0.4, 0.5) is 4.39 Å². The lowest BCUT2D eigenvalue weighted by Crippen LogP contribution is -1.86. The average molecular weight is 185 g/mol. The molecule has 0 saturated carbocycles. The zero-order valence-electron chi connectivity index (χ0n) is 7.50. The van der Waals surface area contributed by atoms with Gasteiger partial charge in [-0.1, -0.05) is 24.3 Å². The van der Waals surface area contributed by atoms with E-state index in [1.54, 1.807) is 6.07 Å². The van der Waals surface area contributed by atoms with E-state index in [0.717, 1.165) is 23.2 Å². The second kappa shape index (κ2) is 2.64. The maximum Gasteiger partial charge on any atom is 0.141 e. The fraction of sp³-hybridized carbons (Fsp3) is 0.0833. The van der Waals surface area contributed by atoms with Gasteiger partial charge in [0.05, 0.1) is 11.9 Å². The Morgan fingerprint density at radius 3 is 2.93 bits per heavy atom. The molecule has 1 aliphatic rings. The molecule has 3 rings (SSSR count). The van der Waals surface area contributed by atoms with E-state index in [9.17, 15) is 4.39 Å². The van der Waals surface area contributed by atoms with Crippen LogP contribution < -0.4 is 0 Å². The van der Waals surface area contributed by atoms with Gasteiger partial charge < -0.3 is 0 Å². The van der Waals surface area contributed by atoms with Crippen LogP contribution >= 0.6 is 0 Å². The van der Waals surface area contributed by atoms with Gasteiger partial charge in [0.2, 0.25) is 0 Å². The van der Waals surface area contributed by atoms with Gasteiger partial charge in [-0.15, -0.1) is 0 Å². The van der Waals surface area contributed by atoms with Gasteiger partial charge in [-0.3, -0.25) is 4.98 Å². The molecule has 0 bridgehead atoms. The first-order chi connectivity index (χ1) is 6.84. The number of hydrogen-bond donors (Lipinski definition) is 0. The molecule has 1 aliphatic carbocycles. The third-order valence-electron chi connectivity index (χ3n) is 2.59. The van der Waals surface area contributed by atoms with Gasteiger partial charge in [-0.25, -0.2) is 4.39 Å². The fourth-order valence-corrected chi connectivity index (χ4v) is 1.97. The van der Waals surface area contributed by atoms with Crippen molar-refractivity contribution in [3.05, 3.63) is 53.5 Å². The zero-order valence-corrected chi connectivity index (χ0v) is 7.50. The van der Waals surface area contributed by atoms with E-state index in [0.29, 0.717) is 0 Å². The number of pyridine rings is 1. The van der Waals surface area contributed by atoms with E-state index < -0.39 is 0 Å². The third kappa shape index (κ3) is 0.970. The largest absolute Gasteiger partial charge is 0.253 e. The molecule has 0 fully saturated rings. The smallest absolute Gasteiger partial charge is 0.141 e. The molecule has 68 valence electrons. The summed E-state index contributed by atoms with van der Waals surface area (Å²) in [6.45, 7) is 0. The van der Waals surface area contributed by atoms with Gasteiger partial charge in [-0.2, -0.15) is 0 Å². The van der Waals surface area contributed by atoms with Crippen molar-refractivity contribution in [3.8, 4) is 11.3 Å². The predicted octanol–water partition coefficient (Wildman–Crippen LogP) is 2.79. The Labute approximate surface area is 81.2 Å². The quantitative estimate of drug-likeness (QED) is 0.524. The molecule has 0 spiro atoms. The average Bonchev–Trinajstić information content (AvgIpc) is 2.54. The molecule has 1 heterocycles. The molecule has 2 heteroatoms. The minimum absolute atomic E-state index is 0.253. The van der Waals surface area contributed by atoms with E-state index in [2.05, 4.69) is 11.1 Å². The molecule has 0 atom stereocenters. The minimum Gasteiger partial charge on any atom is -0.253 e. The molecule has 1 aromatic heterocycles. The lowest BCUT2D eigenvalue weighted by atomic mass is 10.1. The van der Waals surface area contributed by atoms with Crippen molar-refractivity contribution in [2.24, 2.45) is 0 Å². The summed E-state index contributed by atoms with van der Waals surface area (Å²) in [6, 6.07) is 9.66. The molecule has 0 radical (unpaired) electrons. The normalized spacial score (nSPS) is 12.4. The number of hydrogen-bond acceptors (Lipinski definition) is 1. The van der Waals surface area contributed by atoms with Crippen molar-refractivity contribution in [2.75, 3.05) is 0 Å². The summed E-state index contributed by atoms with van der Waals surface area (Å²) >= 11 is 0. The van der Waals surface area contributed by atoms with Crippen molar-refractivity contribution in [2.45, 2.75) is 6.42 Å². The Kier molecular flexibility index (Phi) is 1.45. The summed E-state index contributed by atoms with van der Waals surface area (Å²) in [5.41, 5.74) is 4.30. The highest BCUT2D eigenvalue weighted by Gasteiger charge is 2.18. The SMILES string of the molecule is Fc1cnc2c(c1)Cc1ccccc1-2. The van der Waals surface area contributed by atoms with Crippen LogP contribution in [0.3, 0.4) is 0 Å². The Bertz CT molecular complexity index is 505. The van der Waals surface area contributed by atoms with Crippen LogP contribution in [-0.2, 0) is 6.42 Å². The van der Waals surface area contributed by atoms with Gasteiger partial charge in [0, 0.05) is 12.0 Å². The van der Waals surface area contributed by atoms with Gasteiger partial charge in [0.15, 0.2) is 0 Å². The zero-order chi connectivity index (χ0) is 9.54. The highest BCUT2D eigenvalue weighted by atomic mass is 19.1. The number of halogens is 1. The van der Waals surface area contributed by atoms with Crippen LogP contribution in [0.25, 0.3) is 11.3 Å². The van der Waals surface area contributed by atoms with Crippen LogP contribution in [0.15, 0.2) is 36.5 Å². The highest BCUT2D eigenvalue weighted by Crippen LogP contribution is 2.34. The molecule has 0 amide bonds. The molecule has 0 aliphatic heterocycles. The number of benzene rings is 1. The van der Waals surface area contributed by atoms with E-state index in [-0.39, 0.29) is 5.82 Å². The first-order valence-corrected chi connectivity index (χ1v) is 4.57. The van der Waals surface area contributed by atoms with Crippen molar-refractivity contribution < 1.29 is 4.39 Å². The molecule has 1 aromatic carbocycles. The Balaban J connectivity index is 2.27. The Hall–Kier alpha value is -1.70. The summed E-state index contributed by atoms with van der Waals surface area (Å²) in [5, 5.41) is 0. The lowest BCUT2D eigenvalue weighted by Gasteiger charge is -1.98. The maximum absolute atomic E-state index is 12.9. The number of aromatic nitrogens is 1. The molecular formula is C12H8FN. The topological polar surface area (TPSA) is 12.9 Å². The molecule has 14 heavy (non-hydrogen) atoms. The summed E-state index contributed by atoms with van der Waals surface area (Å²) in [6.07, 6.45) is 2.08. The lowest BCUT2D eigenvalue weighted by molar-refractivity contribution is 0.620. The molecule has 2 aromatic rings. The van der Waals surface area contributed by atoms with Gasteiger partial charge in [0.1, 0.15) is 5.82 Å². The number of nitrogens with zero attached hydrogens (tertiary/aromatic N) is 1. The van der Waals surface area contributed by atoms with Crippen LogP contribution in [0.1, 0.15) is 11.1 Å². The van der Waals surface area contributed by atoms with Gasteiger partial charge in [0.25, 0.3) is 0 Å². The molecular weight excluding hydrogens is 177 g/mol. The standard InChI is InChI=1S/C12H8FN/c13-10-6-9-5-8-3-1-2-4-11(8)12(9)14-7-10/h1-4,6-7H,5H2. The van der Waals surface area contributed by atoms with Gasteiger partial charge in [-0.05, 0) is 17.2 Å². The number of fused-ring (bicyclic) bond motifs is 3. The van der Waals surface area contributed by atoms with Crippen LogP contribution in [-0.4, -0.2) is 4.98 Å². The summed E-state index contributed by atoms with van der Waals surface area (Å²) in [7, 11) is 0. The first kappa shape index (κ1) is 7.68. The van der Waals surface area contributed by atoms with Crippen LogP contribution in [0.2, 0.25) is 0 Å². The van der Waals surface area contributed by atoms with Crippen molar-refractivity contribution >= 4 is 0 Å². The molecule has 0 N–H and O–H groups in total. The van der Waals surface area contributed by atoms with E-state index in [1.807, 2.05) is 18.2 Å². The van der Waals surface area contributed by atoms with Gasteiger partial charge >= 0.3 is 0 Å².